The highest BCUT2D eigenvalue weighted by Crippen LogP contribution is 2.21. The average Bonchev–Trinajstić information content (AvgIpc) is 2.83. The van der Waals surface area contributed by atoms with Gasteiger partial charge in [-0.05, 0) is 31.5 Å². The minimum absolute atomic E-state index is 0.364. The molecule has 17 heavy (non-hydrogen) atoms. The Bertz CT molecular complexity index is 542. The lowest BCUT2D eigenvalue weighted by atomic mass is 9.99. The van der Waals surface area contributed by atoms with E-state index in [9.17, 15) is 4.79 Å². The van der Waals surface area contributed by atoms with Crippen molar-refractivity contribution in [2.24, 2.45) is 0 Å². The summed E-state index contributed by atoms with van der Waals surface area (Å²) in [6.45, 7) is 2.00. The van der Waals surface area contributed by atoms with Crippen LogP contribution in [0.3, 0.4) is 0 Å². The molecule has 2 aromatic rings. The van der Waals surface area contributed by atoms with Crippen LogP contribution in [-0.2, 0) is 0 Å². The minimum Gasteiger partial charge on any atom is -0.316 e. The van der Waals surface area contributed by atoms with Gasteiger partial charge in [-0.3, -0.25) is 4.79 Å². The number of carbonyl (C=O) groups excluding carboxylic acids is 1. The third kappa shape index (κ3) is 1.82. The highest BCUT2D eigenvalue weighted by molar-refractivity contribution is 5.83. The fourth-order valence-corrected chi connectivity index (χ4v) is 2.28. The quantitative estimate of drug-likeness (QED) is 0.782. The van der Waals surface area contributed by atoms with Gasteiger partial charge in [0, 0.05) is 18.7 Å². The molecule has 88 valence electrons. The zero-order valence-electron chi connectivity index (χ0n) is 9.47. The smallest absolute Gasteiger partial charge is 0.166 e. The molecule has 0 bridgehead atoms. The summed E-state index contributed by atoms with van der Waals surface area (Å²) in [6, 6.07) is 3.58. The molecule has 1 aliphatic rings. The van der Waals surface area contributed by atoms with Crippen LogP contribution in [0.15, 0.2) is 18.3 Å². The topological polar surface area (TPSA) is 59.3 Å². The molecule has 1 saturated heterocycles. The number of piperidine rings is 1. The van der Waals surface area contributed by atoms with E-state index in [1.54, 1.807) is 10.6 Å². The first kappa shape index (κ1) is 10.4. The van der Waals surface area contributed by atoms with Crippen LogP contribution >= 0.6 is 0 Å². The van der Waals surface area contributed by atoms with E-state index in [1.807, 2.05) is 12.3 Å². The molecule has 0 spiro atoms. The summed E-state index contributed by atoms with van der Waals surface area (Å²) < 4.78 is 1.69. The Labute approximate surface area is 98.9 Å². The number of pyridine rings is 1. The maximum absolute atomic E-state index is 10.9. The predicted molar refractivity (Wildman–Crippen MR) is 63.2 cm³/mol. The van der Waals surface area contributed by atoms with Gasteiger partial charge >= 0.3 is 0 Å². The van der Waals surface area contributed by atoms with Crippen molar-refractivity contribution >= 4 is 11.9 Å². The van der Waals surface area contributed by atoms with E-state index < -0.39 is 0 Å². The Hall–Kier alpha value is -1.75. The molecule has 1 aliphatic heterocycles. The summed E-state index contributed by atoms with van der Waals surface area (Å²) in [6.07, 6.45) is 4.92. The maximum Gasteiger partial charge on any atom is 0.166 e. The third-order valence-corrected chi connectivity index (χ3v) is 3.20. The number of aldehydes is 1. The van der Waals surface area contributed by atoms with Gasteiger partial charge in [0.15, 0.2) is 17.8 Å². The number of hydrogen-bond donors (Lipinski definition) is 1. The van der Waals surface area contributed by atoms with Crippen molar-refractivity contribution in [1.82, 2.24) is 19.9 Å². The van der Waals surface area contributed by atoms with Crippen LogP contribution in [0, 0.1) is 0 Å². The van der Waals surface area contributed by atoms with Crippen molar-refractivity contribution < 1.29 is 4.79 Å². The van der Waals surface area contributed by atoms with Gasteiger partial charge in [-0.1, -0.05) is 0 Å². The Morgan fingerprint density at radius 2 is 2.47 bits per heavy atom. The van der Waals surface area contributed by atoms with Crippen molar-refractivity contribution in [1.29, 1.82) is 0 Å². The first-order valence-electron chi connectivity index (χ1n) is 5.89. The van der Waals surface area contributed by atoms with Crippen LogP contribution in [-0.4, -0.2) is 34.0 Å². The molecule has 3 heterocycles. The number of hydrogen-bond acceptors (Lipinski definition) is 4. The van der Waals surface area contributed by atoms with Gasteiger partial charge in [0.05, 0.1) is 5.56 Å². The van der Waals surface area contributed by atoms with Gasteiger partial charge in [-0.25, -0.2) is 9.50 Å². The van der Waals surface area contributed by atoms with Gasteiger partial charge in [0.25, 0.3) is 0 Å². The molecule has 0 radical (unpaired) electrons. The number of nitrogens with zero attached hydrogens (tertiary/aromatic N) is 3. The second kappa shape index (κ2) is 4.25. The van der Waals surface area contributed by atoms with E-state index in [0.717, 1.165) is 38.0 Å². The molecule has 0 amide bonds. The zero-order valence-corrected chi connectivity index (χ0v) is 9.47. The number of nitrogens with one attached hydrogen (secondary N) is 1. The van der Waals surface area contributed by atoms with Gasteiger partial charge in [0.2, 0.25) is 0 Å². The first-order chi connectivity index (χ1) is 8.38. The van der Waals surface area contributed by atoms with Gasteiger partial charge in [-0.15, -0.1) is 0 Å². The predicted octanol–water partition coefficient (Wildman–Crippen LogP) is 1.01. The van der Waals surface area contributed by atoms with Gasteiger partial charge in [0.1, 0.15) is 0 Å². The normalized spacial score (nSPS) is 20.6. The van der Waals surface area contributed by atoms with Crippen LogP contribution < -0.4 is 5.32 Å². The molecule has 1 unspecified atom stereocenters. The lowest BCUT2D eigenvalue weighted by molar-refractivity contribution is 0.112. The van der Waals surface area contributed by atoms with Crippen molar-refractivity contribution in [3.63, 3.8) is 0 Å². The summed E-state index contributed by atoms with van der Waals surface area (Å²) in [5, 5.41) is 7.80. The lowest BCUT2D eigenvalue weighted by Crippen LogP contribution is -2.28. The van der Waals surface area contributed by atoms with E-state index in [-0.39, 0.29) is 0 Å². The molecular formula is C12H14N4O. The Morgan fingerprint density at radius 1 is 1.53 bits per heavy atom. The molecule has 0 aliphatic carbocycles. The summed E-state index contributed by atoms with van der Waals surface area (Å²) in [4.78, 5) is 15.4. The van der Waals surface area contributed by atoms with Crippen molar-refractivity contribution in [2.45, 2.75) is 18.8 Å². The van der Waals surface area contributed by atoms with Crippen molar-refractivity contribution in [3.8, 4) is 0 Å². The fraction of sp³-hybridized carbons (Fsp3) is 0.417. The molecule has 5 heteroatoms. The molecule has 5 nitrogen and oxygen atoms in total. The van der Waals surface area contributed by atoms with E-state index in [1.165, 1.54) is 0 Å². The molecule has 1 fully saturated rings. The minimum atomic E-state index is 0.364. The van der Waals surface area contributed by atoms with Crippen LogP contribution in [0.2, 0.25) is 0 Å². The van der Waals surface area contributed by atoms with E-state index in [4.69, 9.17) is 0 Å². The fourth-order valence-electron chi connectivity index (χ4n) is 2.28. The molecule has 0 aromatic carbocycles. The number of carbonyl (C=O) groups is 1. The number of rotatable bonds is 2. The molecule has 0 saturated carbocycles. The summed E-state index contributed by atoms with van der Waals surface area (Å²) in [5.41, 5.74) is 1.25. The second-order valence-electron chi connectivity index (χ2n) is 4.36. The second-order valence-corrected chi connectivity index (χ2v) is 4.36. The SMILES string of the molecule is O=Cc1cccn2nc(C3CCCNC3)nc12. The van der Waals surface area contributed by atoms with Crippen LogP contribution in [0.25, 0.3) is 5.65 Å². The molecule has 2 aromatic heterocycles. The van der Waals surface area contributed by atoms with Crippen LogP contribution in [0.4, 0.5) is 0 Å². The van der Waals surface area contributed by atoms with E-state index in [2.05, 4.69) is 15.4 Å². The van der Waals surface area contributed by atoms with Crippen LogP contribution in [0.1, 0.15) is 34.9 Å². The monoisotopic (exact) mass is 230 g/mol. The van der Waals surface area contributed by atoms with Gasteiger partial charge < -0.3 is 5.32 Å². The van der Waals surface area contributed by atoms with Crippen molar-refractivity contribution in [2.75, 3.05) is 13.1 Å². The number of fused-ring (bicyclic) bond motifs is 1. The Morgan fingerprint density at radius 3 is 3.24 bits per heavy atom. The maximum atomic E-state index is 10.9. The average molecular weight is 230 g/mol. The third-order valence-electron chi connectivity index (χ3n) is 3.20. The lowest BCUT2D eigenvalue weighted by Gasteiger charge is -2.19. The van der Waals surface area contributed by atoms with E-state index >= 15 is 0 Å². The summed E-state index contributed by atoms with van der Waals surface area (Å²) in [5.74, 6) is 1.20. The number of aromatic nitrogens is 3. The Kier molecular flexibility index (Phi) is 2.60. The standard InChI is InChI=1S/C12H14N4O/c17-8-10-4-2-6-16-12(10)14-11(15-16)9-3-1-5-13-7-9/h2,4,6,8-9,13H,1,3,5,7H2. The van der Waals surface area contributed by atoms with E-state index in [0.29, 0.717) is 17.1 Å². The van der Waals surface area contributed by atoms with Gasteiger partial charge in [-0.2, -0.15) is 5.10 Å². The Balaban J connectivity index is 2.03. The van der Waals surface area contributed by atoms with Crippen molar-refractivity contribution in [3.05, 3.63) is 29.7 Å². The molecule has 1 N–H and O–H groups in total. The largest absolute Gasteiger partial charge is 0.316 e. The van der Waals surface area contributed by atoms with Crippen LogP contribution in [0.5, 0.6) is 0 Å². The zero-order chi connectivity index (χ0) is 11.7. The molecule has 3 rings (SSSR count). The summed E-state index contributed by atoms with van der Waals surface area (Å²) >= 11 is 0. The molecule has 1 atom stereocenters. The molecular weight excluding hydrogens is 216 g/mol. The highest BCUT2D eigenvalue weighted by atomic mass is 16.1. The summed E-state index contributed by atoms with van der Waals surface area (Å²) in [7, 11) is 0. The highest BCUT2D eigenvalue weighted by Gasteiger charge is 2.20. The first-order valence-corrected chi connectivity index (χ1v) is 5.89.